The molecule has 2 saturated heterocycles. The maximum atomic E-state index is 5.19. The van der Waals surface area contributed by atoms with Crippen LogP contribution in [-0.2, 0) is 13.1 Å². The van der Waals surface area contributed by atoms with Crippen molar-refractivity contribution in [2.45, 2.75) is 39.8 Å². The highest BCUT2D eigenvalue weighted by Gasteiger charge is 2.23. The first-order chi connectivity index (χ1) is 15.6. The van der Waals surface area contributed by atoms with Crippen molar-refractivity contribution >= 4 is 5.96 Å². The fraction of sp³-hybridized carbons (Fsp3) is 0.600. The molecule has 0 atom stereocenters. The van der Waals surface area contributed by atoms with Gasteiger partial charge >= 0.3 is 0 Å². The van der Waals surface area contributed by atoms with Crippen molar-refractivity contribution in [2.75, 3.05) is 52.9 Å². The summed E-state index contributed by atoms with van der Waals surface area (Å²) >= 11 is 0. The fourth-order valence-corrected chi connectivity index (χ4v) is 4.71. The Morgan fingerprint density at radius 3 is 2.31 bits per heavy atom. The molecule has 1 aromatic heterocycles. The lowest BCUT2D eigenvalue weighted by atomic mass is 9.96. The molecule has 174 valence electrons. The highest BCUT2D eigenvalue weighted by atomic mass is 16.5. The van der Waals surface area contributed by atoms with E-state index in [1.54, 1.807) is 0 Å². The fourth-order valence-electron chi connectivity index (χ4n) is 4.71. The largest absolute Gasteiger partial charge is 0.361 e. The summed E-state index contributed by atoms with van der Waals surface area (Å²) in [6.45, 7) is 13.4. The van der Waals surface area contributed by atoms with Gasteiger partial charge in [-0.1, -0.05) is 35.0 Å². The van der Waals surface area contributed by atoms with Crippen molar-refractivity contribution < 1.29 is 4.52 Å². The first kappa shape index (κ1) is 22.8. The molecule has 32 heavy (non-hydrogen) atoms. The van der Waals surface area contributed by atoms with Gasteiger partial charge in [0.05, 0.1) is 5.69 Å². The molecule has 2 aliphatic rings. The lowest BCUT2D eigenvalue weighted by molar-refractivity contribution is 0.164. The van der Waals surface area contributed by atoms with Crippen molar-refractivity contribution in [3.8, 4) is 0 Å². The molecule has 7 heteroatoms. The Labute approximate surface area is 192 Å². The molecule has 2 aliphatic heterocycles. The van der Waals surface area contributed by atoms with Crippen molar-refractivity contribution in [2.24, 2.45) is 10.9 Å². The maximum Gasteiger partial charge on any atom is 0.193 e. The summed E-state index contributed by atoms with van der Waals surface area (Å²) in [5, 5.41) is 7.78. The highest BCUT2D eigenvalue weighted by Crippen LogP contribution is 2.19. The molecular formula is C25H38N6O. The van der Waals surface area contributed by atoms with Gasteiger partial charge in [-0.15, -0.1) is 0 Å². The summed E-state index contributed by atoms with van der Waals surface area (Å²) in [6.07, 6.45) is 2.50. The van der Waals surface area contributed by atoms with Gasteiger partial charge in [0.15, 0.2) is 5.96 Å². The smallest absolute Gasteiger partial charge is 0.193 e. The maximum absolute atomic E-state index is 5.19. The molecule has 0 unspecified atom stereocenters. The third-order valence-electron chi connectivity index (χ3n) is 6.73. The van der Waals surface area contributed by atoms with E-state index in [2.05, 4.69) is 61.4 Å². The molecule has 0 radical (unpaired) electrons. The number of hydrogen-bond acceptors (Lipinski definition) is 5. The Bertz CT molecular complexity index is 861. The molecule has 1 N–H and O–H groups in total. The summed E-state index contributed by atoms with van der Waals surface area (Å²) in [4.78, 5) is 12.0. The number of aryl methyl sites for hydroxylation is 2. The topological polar surface area (TPSA) is 60.1 Å². The molecule has 0 saturated carbocycles. The number of nitrogens with zero attached hydrogens (tertiary/aromatic N) is 5. The van der Waals surface area contributed by atoms with Crippen LogP contribution in [0.25, 0.3) is 0 Å². The van der Waals surface area contributed by atoms with Crippen molar-refractivity contribution in [1.82, 2.24) is 25.2 Å². The van der Waals surface area contributed by atoms with Gasteiger partial charge in [0.25, 0.3) is 0 Å². The number of rotatable bonds is 6. The van der Waals surface area contributed by atoms with Crippen molar-refractivity contribution in [1.29, 1.82) is 0 Å². The third-order valence-corrected chi connectivity index (χ3v) is 6.73. The Morgan fingerprint density at radius 2 is 1.69 bits per heavy atom. The predicted molar refractivity (Wildman–Crippen MR) is 129 cm³/mol. The lowest BCUT2D eigenvalue weighted by Crippen LogP contribution is -2.53. The van der Waals surface area contributed by atoms with Crippen LogP contribution in [0.3, 0.4) is 0 Å². The molecule has 0 amide bonds. The number of aliphatic imine (C=N–C) groups is 1. The van der Waals surface area contributed by atoms with Crippen molar-refractivity contribution in [3.05, 3.63) is 52.9 Å². The van der Waals surface area contributed by atoms with Crippen molar-refractivity contribution in [3.63, 3.8) is 0 Å². The average Bonchev–Trinajstić information content (AvgIpc) is 3.22. The van der Waals surface area contributed by atoms with E-state index in [0.29, 0.717) is 0 Å². The standard InChI is InChI=1S/C25H38N6O/c1-20-4-6-23(7-5-20)18-29-10-8-22(9-11-29)17-27-25(26-3)31-14-12-30(13-15-31)19-24-16-21(2)32-28-24/h4-7,16,22H,8-15,17-19H2,1-3H3,(H,26,27). The number of piperazine rings is 1. The van der Waals surface area contributed by atoms with Gasteiger partial charge in [-0.05, 0) is 51.3 Å². The van der Waals surface area contributed by atoms with Crippen LogP contribution in [-0.4, -0.2) is 78.7 Å². The molecule has 7 nitrogen and oxygen atoms in total. The minimum atomic E-state index is 0.720. The monoisotopic (exact) mass is 438 g/mol. The minimum absolute atomic E-state index is 0.720. The van der Waals surface area contributed by atoms with Crippen LogP contribution in [0.2, 0.25) is 0 Å². The van der Waals surface area contributed by atoms with E-state index in [0.717, 1.165) is 69.1 Å². The average molecular weight is 439 g/mol. The van der Waals surface area contributed by atoms with Gasteiger partial charge in [0.2, 0.25) is 0 Å². The van der Waals surface area contributed by atoms with Gasteiger partial charge in [-0.3, -0.25) is 14.8 Å². The van der Waals surface area contributed by atoms with Crippen LogP contribution >= 0.6 is 0 Å². The van der Waals surface area contributed by atoms with Crippen LogP contribution in [0.4, 0.5) is 0 Å². The molecule has 1 aromatic carbocycles. The molecule has 0 aliphatic carbocycles. The van der Waals surface area contributed by atoms with E-state index in [9.17, 15) is 0 Å². The van der Waals surface area contributed by atoms with Crippen LogP contribution < -0.4 is 5.32 Å². The highest BCUT2D eigenvalue weighted by molar-refractivity contribution is 5.80. The molecule has 4 rings (SSSR count). The zero-order chi connectivity index (χ0) is 22.3. The SMILES string of the molecule is CN=C(NCC1CCN(Cc2ccc(C)cc2)CC1)N1CCN(Cc2cc(C)on2)CC1. The van der Waals surface area contributed by atoms with Crippen LogP contribution in [0.1, 0.15) is 35.4 Å². The second kappa shape index (κ2) is 11.0. The zero-order valence-corrected chi connectivity index (χ0v) is 19.9. The normalized spacial score (nSPS) is 19.5. The Kier molecular flexibility index (Phi) is 7.81. The summed E-state index contributed by atoms with van der Waals surface area (Å²) in [6, 6.07) is 11.0. The summed E-state index contributed by atoms with van der Waals surface area (Å²) in [7, 11) is 1.90. The minimum Gasteiger partial charge on any atom is -0.361 e. The summed E-state index contributed by atoms with van der Waals surface area (Å²) < 4.78 is 5.19. The van der Waals surface area contributed by atoms with E-state index in [1.807, 2.05) is 20.0 Å². The van der Waals surface area contributed by atoms with Gasteiger partial charge < -0.3 is 14.7 Å². The number of benzene rings is 1. The first-order valence-corrected chi connectivity index (χ1v) is 12.0. The second-order valence-electron chi connectivity index (χ2n) is 9.33. The number of aromatic nitrogens is 1. The summed E-state index contributed by atoms with van der Waals surface area (Å²) in [5.74, 6) is 2.64. The number of guanidine groups is 1. The van der Waals surface area contributed by atoms with Gasteiger partial charge in [-0.2, -0.15) is 0 Å². The Hall–Kier alpha value is -2.38. The van der Waals surface area contributed by atoms with Crippen LogP contribution in [0.5, 0.6) is 0 Å². The van der Waals surface area contributed by atoms with E-state index >= 15 is 0 Å². The van der Waals surface area contributed by atoms with Gasteiger partial charge in [0.1, 0.15) is 5.76 Å². The number of piperidine rings is 1. The molecular weight excluding hydrogens is 400 g/mol. The van der Waals surface area contributed by atoms with E-state index in [-0.39, 0.29) is 0 Å². The van der Waals surface area contributed by atoms with Gasteiger partial charge in [-0.25, -0.2) is 0 Å². The number of likely N-dealkylation sites (tertiary alicyclic amines) is 1. The molecule has 0 spiro atoms. The number of hydrogen-bond donors (Lipinski definition) is 1. The van der Waals surface area contributed by atoms with E-state index in [4.69, 9.17) is 4.52 Å². The lowest BCUT2D eigenvalue weighted by Gasteiger charge is -2.37. The van der Waals surface area contributed by atoms with Crippen LogP contribution in [0, 0.1) is 19.8 Å². The molecule has 0 bridgehead atoms. The quantitative estimate of drug-likeness (QED) is 0.553. The Balaban J connectivity index is 1.16. The summed E-state index contributed by atoms with van der Waals surface area (Å²) in [5.41, 5.74) is 3.77. The number of nitrogens with one attached hydrogen (secondary N) is 1. The second-order valence-corrected chi connectivity index (χ2v) is 9.33. The Morgan fingerprint density at radius 1 is 1.00 bits per heavy atom. The molecule has 2 fully saturated rings. The third kappa shape index (κ3) is 6.33. The van der Waals surface area contributed by atoms with Gasteiger partial charge in [0, 0.05) is 58.9 Å². The molecule has 3 heterocycles. The van der Waals surface area contributed by atoms with E-state index < -0.39 is 0 Å². The zero-order valence-electron chi connectivity index (χ0n) is 19.9. The first-order valence-electron chi connectivity index (χ1n) is 12.0. The predicted octanol–water partition coefficient (Wildman–Crippen LogP) is 2.90. The van der Waals surface area contributed by atoms with Crippen LogP contribution in [0.15, 0.2) is 39.8 Å². The molecule has 2 aromatic rings. The van der Waals surface area contributed by atoms with E-state index in [1.165, 1.54) is 37.1 Å².